The van der Waals surface area contributed by atoms with Crippen LogP contribution in [0.2, 0.25) is 0 Å². The Bertz CT molecular complexity index is 623. The first kappa shape index (κ1) is 13.8. The number of nitrogens with two attached hydrogens (primary N) is 1. The molecule has 1 fully saturated rings. The lowest BCUT2D eigenvalue weighted by molar-refractivity contribution is 0.0779. The van der Waals surface area contributed by atoms with E-state index in [2.05, 4.69) is 17.1 Å². The first-order chi connectivity index (χ1) is 10.2. The summed E-state index contributed by atoms with van der Waals surface area (Å²) < 4.78 is 5.13. The number of aryl methyl sites for hydroxylation is 1. The number of hydrogen-bond acceptors (Lipinski definition) is 4. The molecule has 0 saturated carbocycles. The lowest BCUT2D eigenvalue weighted by Gasteiger charge is -2.16. The number of benzene rings is 1. The van der Waals surface area contributed by atoms with Crippen LogP contribution < -0.4 is 5.73 Å². The second kappa shape index (κ2) is 5.69. The van der Waals surface area contributed by atoms with Gasteiger partial charge in [0, 0.05) is 19.0 Å². The van der Waals surface area contributed by atoms with Crippen LogP contribution in [0.5, 0.6) is 0 Å². The fourth-order valence-electron chi connectivity index (χ4n) is 3.01. The van der Waals surface area contributed by atoms with Crippen molar-refractivity contribution in [1.82, 2.24) is 9.88 Å². The molecular weight excluding hydrogens is 266 g/mol. The van der Waals surface area contributed by atoms with Gasteiger partial charge in [0.05, 0.1) is 0 Å². The van der Waals surface area contributed by atoms with Crippen LogP contribution in [0, 0.1) is 12.8 Å². The maximum atomic E-state index is 12.5. The number of rotatable bonds is 3. The zero-order valence-electron chi connectivity index (χ0n) is 12.0. The number of oxazole rings is 1. The normalized spacial score (nSPS) is 21.7. The third kappa shape index (κ3) is 2.56. The number of hydrogen-bond donors (Lipinski definition) is 1. The van der Waals surface area contributed by atoms with E-state index in [9.17, 15) is 4.79 Å². The molecule has 0 radical (unpaired) electrons. The van der Waals surface area contributed by atoms with Crippen molar-refractivity contribution in [2.45, 2.75) is 12.8 Å². The molecule has 1 saturated heterocycles. The lowest BCUT2D eigenvalue weighted by Crippen LogP contribution is -2.30. The minimum atomic E-state index is -0.0712. The zero-order valence-corrected chi connectivity index (χ0v) is 12.0. The van der Waals surface area contributed by atoms with Crippen LogP contribution in [0.1, 0.15) is 27.7 Å². The van der Waals surface area contributed by atoms with Crippen molar-refractivity contribution in [1.29, 1.82) is 0 Å². The molecule has 0 bridgehead atoms. The molecule has 21 heavy (non-hydrogen) atoms. The number of carbonyl (C=O) groups excluding carboxylic acids is 1. The van der Waals surface area contributed by atoms with Crippen molar-refractivity contribution in [3.05, 3.63) is 53.7 Å². The maximum Gasteiger partial charge on any atom is 0.276 e. The Labute approximate surface area is 123 Å². The SMILES string of the molecule is Cc1ocnc1C(=O)N1C[C@@H](CN)[C@H](c2ccccc2)C1. The topological polar surface area (TPSA) is 72.4 Å². The Morgan fingerprint density at radius 1 is 1.38 bits per heavy atom. The molecule has 1 amide bonds. The van der Waals surface area contributed by atoms with Gasteiger partial charge in [-0.1, -0.05) is 30.3 Å². The maximum absolute atomic E-state index is 12.5. The van der Waals surface area contributed by atoms with E-state index in [1.165, 1.54) is 12.0 Å². The minimum Gasteiger partial charge on any atom is -0.448 e. The van der Waals surface area contributed by atoms with Crippen LogP contribution in [0.25, 0.3) is 0 Å². The molecule has 0 unspecified atom stereocenters. The monoisotopic (exact) mass is 285 g/mol. The lowest BCUT2D eigenvalue weighted by atomic mass is 9.89. The van der Waals surface area contributed by atoms with Gasteiger partial charge in [0.2, 0.25) is 0 Å². The summed E-state index contributed by atoms with van der Waals surface area (Å²) in [5.41, 5.74) is 7.54. The van der Waals surface area contributed by atoms with Gasteiger partial charge in [-0.25, -0.2) is 4.98 Å². The second-order valence-corrected chi connectivity index (χ2v) is 5.48. The van der Waals surface area contributed by atoms with E-state index in [-0.39, 0.29) is 17.7 Å². The molecule has 5 heteroatoms. The summed E-state index contributed by atoms with van der Waals surface area (Å²) in [5.74, 6) is 1.06. The van der Waals surface area contributed by atoms with Gasteiger partial charge in [0.15, 0.2) is 12.1 Å². The molecule has 0 spiro atoms. The first-order valence-electron chi connectivity index (χ1n) is 7.15. The van der Waals surface area contributed by atoms with Gasteiger partial charge >= 0.3 is 0 Å². The summed E-state index contributed by atoms with van der Waals surface area (Å²) in [7, 11) is 0. The van der Waals surface area contributed by atoms with Gasteiger partial charge in [0.1, 0.15) is 5.76 Å². The molecule has 1 aromatic heterocycles. The van der Waals surface area contributed by atoms with Crippen molar-refractivity contribution < 1.29 is 9.21 Å². The highest BCUT2D eigenvalue weighted by Gasteiger charge is 2.36. The molecule has 1 aliphatic heterocycles. The van der Waals surface area contributed by atoms with Crippen LogP contribution in [-0.4, -0.2) is 35.4 Å². The summed E-state index contributed by atoms with van der Waals surface area (Å²) in [6, 6.07) is 10.2. The predicted molar refractivity (Wildman–Crippen MR) is 78.9 cm³/mol. The number of aromatic nitrogens is 1. The Kier molecular flexibility index (Phi) is 3.75. The molecule has 1 aromatic carbocycles. The van der Waals surface area contributed by atoms with Crippen LogP contribution in [-0.2, 0) is 0 Å². The minimum absolute atomic E-state index is 0.0712. The Morgan fingerprint density at radius 2 is 2.14 bits per heavy atom. The molecule has 3 rings (SSSR count). The highest BCUT2D eigenvalue weighted by molar-refractivity contribution is 5.93. The van der Waals surface area contributed by atoms with Gasteiger partial charge in [-0.2, -0.15) is 0 Å². The largest absolute Gasteiger partial charge is 0.448 e. The summed E-state index contributed by atoms with van der Waals surface area (Å²) in [4.78, 5) is 18.4. The van der Waals surface area contributed by atoms with E-state index in [4.69, 9.17) is 10.2 Å². The molecule has 2 heterocycles. The molecule has 2 atom stereocenters. The standard InChI is InChI=1S/C16H19N3O2/c1-11-15(18-10-21-11)16(20)19-8-13(7-17)14(9-19)12-5-3-2-4-6-12/h2-6,10,13-14H,7-9,17H2,1H3/t13-,14+/m1/s1. The molecule has 2 N–H and O–H groups in total. The smallest absolute Gasteiger partial charge is 0.276 e. The van der Waals surface area contributed by atoms with E-state index in [1.807, 2.05) is 23.1 Å². The van der Waals surface area contributed by atoms with Crippen molar-refractivity contribution in [3.8, 4) is 0 Å². The van der Waals surface area contributed by atoms with Crippen molar-refractivity contribution in [3.63, 3.8) is 0 Å². The van der Waals surface area contributed by atoms with Crippen molar-refractivity contribution >= 4 is 5.91 Å². The summed E-state index contributed by atoms with van der Waals surface area (Å²) in [6.07, 6.45) is 1.31. The number of amides is 1. The Hall–Kier alpha value is -2.14. The molecule has 5 nitrogen and oxygen atoms in total. The highest BCUT2D eigenvalue weighted by Crippen LogP contribution is 2.32. The zero-order chi connectivity index (χ0) is 14.8. The third-order valence-corrected chi connectivity index (χ3v) is 4.21. The molecular formula is C16H19N3O2. The molecule has 110 valence electrons. The van der Waals surface area contributed by atoms with E-state index in [0.717, 1.165) is 0 Å². The fraction of sp³-hybridized carbons (Fsp3) is 0.375. The summed E-state index contributed by atoms with van der Waals surface area (Å²) in [6.45, 7) is 3.67. The fourth-order valence-corrected chi connectivity index (χ4v) is 3.01. The van der Waals surface area contributed by atoms with Crippen molar-refractivity contribution in [2.75, 3.05) is 19.6 Å². The van der Waals surface area contributed by atoms with E-state index in [1.54, 1.807) is 6.92 Å². The van der Waals surface area contributed by atoms with Crippen molar-refractivity contribution in [2.24, 2.45) is 11.7 Å². The number of likely N-dealkylation sites (tertiary alicyclic amines) is 1. The molecule has 0 aliphatic carbocycles. The van der Waals surface area contributed by atoms with E-state index < -0.39 is 0 Å². The van der Waals surface area contributed by atoms with Crippen LogP contribution >= 0.6 is 0 Å². The Balaban J connectivity index is 1.81. The summed E-state index contributed by atoms with van der Waals surface area (Å²) >= 11 is 0. The number of nitrogens with zero attached hydrogens (tertiary/aromatic N) is 2. The van der Waals surface area contributed by atoms with Crippen LogP contribution in [0.4, 0.5) is 0 Å². The van der Waals surface area contributed by atoms with Gasteiger partial charge in [-0.3, -0.25) is 4.79 Å². The molecule has 2 aromatic rings. The van der Waals surface area contributed by atoms with Gasteiger partial charge in [-0.05, 0) is 24.9 Å². The van der Waals surface area contributed by atoms with Gasteiger partial charge in [0.25, 0.3) is 5.91 Å². The molecule has 1 aliphatic rings. The quantitative estimate of drug-likeness (QED) is 0.933. The number of carbonyl (C=O) groups is 1. The average Bonchev–Trinajstić information content (AvgIpc) is 3.13. The third-order valence-electron chi connectivity index (χ3n) is 4.21. The highest BCUT2D eigenvalue weighted by atomic mass is 16.3. The van der Waals surface area contributed by atoms with Gasteiger partial charge < -0.3 is 15.1 Å². The summed E-state index contributed by atoms with van der Waals surface area (Å²) in [5, 5.41) is 0. The first-order valence-corrected chi connectivity index (χ1v) is 7.15. The van der Waals surface area contributed by atoms with Gasteiger partial charge in [-0.15, -0.1) is 0 Å². The predicted octanol–water partition coefficient (Wildman–Crippen LogP) is 1.80. The average molecular weight is 285 g/mol. The Morgan fingerprint density at radius 3 is 2.76 bits per heavy atom. The van der Waals surface area contributed by atoms with Crippen LogP contribution in [0.3, 0.4) is 0 Å². The second-order valence-electron chi connectivity index (χ2n) is 5.48. The van der Waals surface area contributed by atoms with E-state index >= 15 is 0 Å². The van der Waals surface area contributed by atoms with Crippen LogP contribution in [0.15, 0.2) is 41.1 Å². The van der Waals surface area contributed by atoms with E-state index in [0.29, 0.717) is 31.1 Å².